The molecule has 2 aromatic heterocycles. The van der Waals surface area contributed by atoms with E-state index in [9.17, 15) is 14.4 Å². The third-order valence-corrected chi connectivity index (χ3v) is 6.38. The first kappa shape index (κ1) is 24.1. The number of carbonyl (C=O) groups excluding carboxylic acids is 3. The Bertz CT molecular complexity index is 1190. The van der Waals surface area contributed by atoms with Crippen LogP contribution in [0.25, 0.3) is 0 Å². The molecule has 0 aliphatic carbocycles. The Morgan fingerprint density at radius 3 is 2.60 bits per heavy atom. The minimum absolute atomic E-state index is 0.0137. The molecule has 10 heteroatoms. The van der Waals surface area contributed by atoms with E-state index in [0.29, 0.717) is 11.5 Å². The van der Waals surface area contributed by atoms with Crippen molar-refractivity contribution in [3.05, 3.63) is 65.7 Å². The number of nitrogen functional groups attached to an aromatic ring is 1. The van der Waals surface area contributed by atoms with Crippen molar-refractivity contribution in [1.82, 2.24) is 20.1 Å². The van der Waals surface area contributed by atoms with Crippen LogP contribution in [0.2, 0.25) is 0 Å². The molecule has 35 heavy (non-hydrogen) atoms. The third-order valence-electron chi connectivity index (χ3n) is 6.38. The molecule has 3 heterocycles. The SMILES string of the molecule is CC[C@@H](CC(=O)N1C(=O)[C@H](Cc2cc(C)nc(N)c2)[C@H]1C(=O)N(C)c1nnco1)c1ccccc1. The van der Waals surface area contributed by atoms with Crippen LogP contribution in [0, 0.1) is 12.8 Å². The molecule has 1 aromatic carbocycles. The van der Waals surface area contributed by atoms with Crippen LogP contribution in [0.4, 0.5) is 11.8 Å². The van der Waals surface area contributed by atoms with Crippen LogP contribution in [-0.2, 0) is 20.8 Å². The van der Waals surface area contributed by atoms with Crippen molar-refractivity contribution in [1.29, 1.82) is 0 Å². The monoisotopic (exact) mass is 476 g/mol. The molecule has 0 spiro atoms. The van der Waals surface area contributed by atoms with E-state index in [0.717, 1.165) is 28.8 Å². The Morgan fingerprint density at radius 2 is 1.97 bits per heavy atom. The summed E-state index contributed by atoms with van der Waals surface area (Å²) in [7, 11) is 1.48. The van der Waals surface area contributed by atoms with Gasteiger partial charge in [0.25, 0.3) is 5.91 Å². The molecule has 182 valence electrons. The number of likely N-dealkylation sites (tertiary alicyclic amines) is 1. The van der Waals surface area contributed by atoms with Crippen LogP contribution in [-0.4, -0.2) is 50.9 Å². The first-order valence-corrected chi connectivity index (χ1v) is 11.5. The lowest BCUT2D eigenvalue weighted by Crippen LogP contribution is -2.69. The summed E-state index contributed by atoms with van der Waals surface area (Å²) in [5, 5.41) is 7.38. The molecule has 3 atom stereocenters. The molecular formula is C25H28N6O4. The average molecular weight is 477 g/mol. The number of aromatic nitrogens is 3. The zero-order valence-corrected chi connectivity index (χ0v) is 19.9. The molecular weight excluding hydrogens is 448 g/mol. The lowest BCUT2D eigenvalue weighted by atomic mass is 9.80. The Balaban J connectivity index is 1.60. The van der Waals surface area contributed by atoms with Gasteiger partial charge in [0.15, 0.2) is 0 Å². The van der Waals surface area contributed by atoms with Gasteiger partial charge >= 0.3 is 6.01 Å². The number of aryl methyl sites for hydroxylation is 1. The van der Waals surface area contributed by atoms with E-state index in [2.05, 4.69) is 15.2 Å². The Morgan fingerprint density at radius 1 is 1.23 bits per heavy atom. The molecule has 0 unspecified atom stereocenters. The fraction of sp³-hybridized carbons (Fsp3) is 0.360. The van der Waals surface area contributed by atoms with Crippen LogP contribution >= 0.6 is 0 Å². The maximum Gasteiger partial charge on any atom is 0.324 e. The number of carbonyl (C=O) groups is 3. The molecule has 1 aliphatic rings. The van der Waals surface area contributed by atoms with Crippen molar-refractivity contribution in [3.8, 4) is 0 Å². The highest BCUT2D eigenvalue weighted by atomic mass is 16.4. The van der Waals surface area contributed by atoms with E-state index in [1.54, 1.807) is 13.0 Å². The number of hydrogen-bond acceptors (Lipinski definition) is 8. The smallest absolute Gasteiger partial charge is 0.324 e. The number of β-lactam (4-membered cyclic amide) rings is 1. The fourth-order valence-corrected chi connectivity index (χ4v) is 4.59. The van der Waals surface area contributed by atoms with Gasteiger partial charge in [-0.25, -0.2) is 4.98 Å². The molecule has 10 nitrogen and oxygen atoms in total. The van der Waals surface area contributed by atoms with Crippen molar-refractivity contribution in [2.45, 2.75) is 45.1 Å². The van der Waals surface area contributed by atoms with Gasteiger partial charge in [-0.15, -0.1) is 5.10 Å². The van der Waals surface area contributed by atoms with Gasteiger partial charge in [0.2, 0.25) is 18.2 Å². The predicted molar refractivity (Wildman–Crippen MR) is 128 cm³/mol. The van der Waals surface area contributed by atoms with Gasteiger partial charge < -0.3 is 10.2 Å². The molecule has 1 fully saturated rings. The maximum absolute atomic E-state index is 13.5. The Hall–Kier alpha value is -4.08. The van der Waals surface area contributed by atoms with E-state index in [-0.39, 0.29) is 36.6 Å². The maximum atomic E-state index is 13.5. The van der Waals surface area contributed by atoms with E-state index >= 15 is 0 Å². The zero-order valence-electron chi connectivity index (χ0n) is 19.9. The van der Waals surface area contributed by atoms with Gasteiger partial charge in [-0.1, -0.05) is 42.4 Å². The van der Waals surface area contributed by atoms with E-state index in [4.69, 9.17) is 10.2 Å². The predicted octanol–water partition coefficient (Wildman–Crippen LogP) is 2.50. The molecule has 1 saturated heterocycles. The van der Waals surface area contributed by atoms with E-state index in [1.165, 1.54) is 11.9 Å². The number of nitrogens with zero attached hydrogens (tertiary/aromatic N) is 5. The topological polar surface area (TPSA) is 136 Å². The molecule has 1 aliphatic heterocycles. The van der Waals surface area contributed by atoms with Crippen molar-refractivity contribution < 1.29 is 18.8 Å². The quantitative estimate of drug-likeness (QED) is 0.490. The molecule has 0 bridgehead atoms. The highest BCUT2D eigenvalue weighted by Gasteiger charge is 2.55. The molecule has 3 aromatic rings. The van der Waals surface area contributed by atoms with Crippen molar-refractivity contribution in [3.63, 3.8) is 0 Å². The second-order valence-electron chi connectivity index (χ2n) is 8.74. The summed E-state index contributed by atoms with van der Waals surface area (Å²) < 4.78 is 5.15. The van der Waals surface area contributed by atoms with Crippen LogP contribution in [0.15, 0.2) is 53.3 Å². The number of benzene rings is 1. The number of pyridine rings is 1. The second-order valence-corrected chi connectivity index (χ2v) is 8.74. The number of imide groups is 1. The summed E-state index contributed by atoms with van der Waals surface area (Å²) in [6.45, 7) is 3.80. The molecule has 0 radical (unpaired) electrons. The number of amides is 3. The van der Waals surface area contributed by atoms with Gasteiger partial charge in [0.05, 0.1) is 5.92 Å². The van der Waals surface area contributed by atoms with Crippen LogP contribution < -0.4 is 10.6 Å². The fourth-order valence-electron chi connectivity index (χ4n) is 4.59. The highest BCUT2D eigenvalue weighted by molar-refractivity contribution is 6.12. The minimum atomic E-state index is -0.991. The number of likely N-dealkylation sites (N-methyl/N-ethyl adjacent to an activating group) is 1. The molecule has 4 rings (SSSR count). The molecule has 0 saturated carbocycles. The molecule has 2 N–H and O–H groups in total. The standard InChI is InChI=1S/C25H28N6O4/c1-4-17(18-8-6-5-7-9-18)13-21(32)31-22(24(34)30(3)25-29-27-14-35-25)19(23(31)33)11-16-10-15(2)28-20(26)12-16/h5-10,12,14,17,19,22H,4,11,13H2,1-3H3,(H2,26,28)/t17-,19+,22-/m0/s1. The summed E-state index contributed by atoms with van der Waals surface area (Å²) in [6, 6.07) is 12.2. The van der Waals surface area contributed by atoms with E-state index < -0.39 is 17.9 Å². The van der Waals surface area contributed by atoms with Gasteiger partial charge in [-0.2, -0.15) is 0 Å². The van der Waals surface area contributed by atoms with Gasteiger partial charge in [-0.05, 0) is 48.9 Å². The summed E-state index contributed by atoms with van der Waals surface area (Å²) in [4.78, 5) is 46.5. The van der Waals surface area contributed by atoms with Gasteiger partial charge in [-0.3, -0.25) is 24.2 Å². The number of hydrogen-bond donors (Lipinski definition) is 1. The third kappa shape index (κ3) is 4.91. The first-order valence-electron chi connectivity index (χ1n) is 11.5. The lowest BCUT2D eigenvalue weighted by Gasteiger charge is -2.45. The average Bonchev–Trinajstić information content (AvgIpc) is 3.38. The number of rotatable bonds is 8. The summed E-state index contributed by atoms with van der Waals surface area (Å²) in [6.07, 6.45) is 2.20. The van der Waals surface area contributed by atoms with Gasteiger partial charge in [0.1, 0.15) is 11.9 Å². The highest BCUT2D eigenvalue weighted by Crippen LogP contribution is 2.35. The summed E-state index contributed by atoms with van der Waals surface area (Å²) in [5.41, 5.74) is 8.37. The first-order chi connectivity index (χ1) is 16.8. The van der Waals surface area contributed by atoms with Crippen LogP contribution in [0.1, 0.15) is 42.5 Å². The normalized spacial score (nSPS) is 18.1. The number of anilines is 2. The number of nitrogens with two attached hydrogens (primary N) is 1. The summed E-state index contributed by atoms with van der Waals surface area (Å²) >= 11 is 0. The van der Waals surface area contributed by atoms with E-state index in [1.807, 2.05) is 43.3 Å². The van der Waals surface area contributed by atoms with Crippen molar-refractivity contribution in [2.24, 2.45) is 5.92 Å². The lowest BCUT2D eigenvalue weighted by molar-refractivity contribution is -0.170. The minimum Gasteiger partial charge on any atom is -0.411 e. The Kier molecular flexibility index (Phi) is 6.90. The van der Waals surface area contributed by atoms with Crippen molar-refractivity contribution in [2.75, 3.05) is 17.7 Å². The zero-order chi connectivity index (χ0) is 25.1. The summed E-state index contributed by atoms with van der Waals surface area (Å²) in [5.74, 6) is -1.71. The van der Waals surface area contributed by atoms with Gasteiger partial charge in [0, 0.05) is 19.2 Å². The van der Waals surface area contributed by atoms with Crippen LogP contribution in [0.3, 0.4) is 0 Å². The van der Waals surface area contributed by atoms with Crippen molar-refractivity contribution >= 4 is 29.6 Å². The second kappa shape index (κ2) is 10.0. The largest absolute Gasteiger partial charge is 0.411 e. The Labute approximate surface area is 203 Å². The van der Waals surface area contributed by atoms with Crippen LogP contribution in [0.5, 0.6) is 0 Å². The molecule has 3 amide bonds.